The Hall–Kier alpha value is -1.77. The molecule has 2 unspecified atom stereocenters. The van der Waals surface area contributed by atoms with Gasteiger partial charge in [-0.25, -0.2) is 0 Å². The average molecular weight is 366 g/mol. The first kappa shape index (κ1) is 17.3. The maximum atomic E-state index is 11.9. The van der Waals surface area contributed by atoms with Gasteiger partial charge in [0.1, 0.15) is 5.75 Å². The Kier molecular flexibility index (Phi) is 3.76. The number of rotatable bonds is 1. The second-order valence-electron chi connectivity index (χ2n) is 9.98. The fourth-order valence-corrected chi connectivity index (χ4v) is 7.62. The van der Waals surface area contributed by atoms with Crippen LogP contribution in [0.15, 0.2) is 36.4 Å². The highest BCUT2D eigenvalue weighted by Crippen LogP contribution is 2.67. The van der Waals surface area contributed by atoms with E-state index in [0.717, 1.165) is 18.3 Å². The van der Waals surface area contributed by atoms with Crippen LogP contribution in [0.5, 0.6) is 5.75 Å². The van der Waals surface area contributed by atoms with E-state index in [9.17, 15) is 9.90 Å². The van der Waals surface area contributed by atoms with Crippen molar-refractivity contribution in [3.05, 3.63) is 42.0 Å². The van der Waals surface area contributed by atoms with Crippen LogP contribution in [0.2, 0.25) is 0 Å². The van der Waals surface area contributed by atoms with Crippen LogP contribution in [0.25, 0.3) is 0 Å². The zero-order valence-corrected chi connectivity index (χ0v) is 16.4. The molecule has 0 bridgehead atoms. The Morgan fingerprint density at radius 3 is 2.74 bits per heavy atom. The number of carbonyl (C=O) groups excluding carboxylic acids is 1. The molecule has 1 aliphatic heterocycles. The number of phenolic OH excluding ortho intramolecular Hbond substituents is 1. The van der Waals surface area contributed by atoms with Gasteiger partial charge in [-0.1, -0.05) is 32.1 Å². The summed E-state index contributed by atoms with van der Waals surface area (Å²) in [7, 11) is 0. The lowest BCUT2D eigenvalue weighted by Gasteiger charge is -2.59. The fraction of sp³-hybridized carbons (Fsp3) is 0.625. The molecule has 144 valence electrons. The Labute approximate surface area is 162 Å². The number of amides is 1. The quantitative estimate of drug-likeness (QED) is 0.753. The van der Waals surface area contributed by atoms with Crippen molar-refractivity contribution in [3.63, 3.8) is 0 Å². The topological polar surface area (TPSA) is 49.3 Å². The molecule has 0 spiro atoms. The van der Waals surface area contributed by atoms with E-state index in [0.29, 0.717) is 29.0 Å². The van der Waals surface area contributed by atoms with Crippen LogP contribution >= 0.6 is 0 Å². The predicted octanol–water partition coefficient (Wildman–Crippen LogP) is 4.77. The van der Waals surface area contributed by atoms with Crippen LogP contribution in [-0.4, -0.2) is 17.1 Å². The van der Waals surface area contributed by atoms with Crippen molar-refractivity contribution in [2.75, 3.05) is 0 Å². The summed E-state index contributed by atoms with van der Waals surface area (Å²) in [6.07, 6.45) is 11.4. The second-order valence-corrected chi connectivity index (χ2v) is 9.98. The number of hydrogen-bond donors (Lipinski definition) is 2. The van der Waals surface area contributed by atoms with Gasteiger partial charge in [0.15, 0.2) is 0 Å². The van der Waals surface area contributed by atoms with Crippen molar-refractivity contribution < 1.29 is 9.90 Å². The molecule has 1 aromatic rings. The van der Waals surface area contributed by atoms with Crippen molar-refractivity contribution in [2.45, 2.75) is 64.3 Å². The Morgan fingerprint density at radius 1 is 1.07 bits per heavy atom. The van der Waals surface area contributed by atoms with Gasteiger partial charge in [0, 0.05) is 11.5 Å². The molecular formula is C24H31NO2. The Bertz CT molecular complexity index is 801. The largest absolute Gasteiger partial charge is 0.508 e. The van der Waals surface area contributed by atoms with E-state index in [1.165, 1.54) is 37.7 Å². The lowest BCUT2D eigenvalue weighted by atomic mass is 9.47. The van der Waals surface area contributed by atoms with E-state index < -0.39 is 0 Å². The molecule has 0 saturated heterocycles. The minimum absolute atomic E-state index is 0.0846. The summed E-state index contributed by atoms with van der Waals surface area (Å²) in [5.74, 6) is 3.22. The van der Waals surface area contributed by atoms with Gasteiger partial charge < -0.3 is 10.4 Å². The van der Waals surface area contributed by atoms with Crippen LogP contribution in [0.3, 0.4) is 0 Å². The fourth-order valence-electron chi connectivity index (χ4n) is 7.62. The Morgan fingerprint density at radius 2 is 1.93 bits per heavy atom. The molecule has 3 aliphatic carbocycles. The minimum Gasteiger partial charge on any atom is -0.508 e. The number of aromatic hydroxyl groups is 1. The highest BCUT2D eigenvalue weighted by Gasteiger charge is 2.59. The first-order valence-corrected chi connectivity index (χ1v) is 10.7. The van der Waals surface area contributed by atoms with Crippen LogP contribution in [0.4, 0.5) is 0 Å². The number of phenols is 1. The predicted molar refractivity (Wildman–Crippen MR) is 106 cm³/mol. The van der Waals surface area contributed by atoms with E-state index in [-0.39, 0.29) is 11.3 Å². The Balaban J connectivity index is 1.47. The highest BCUT2D eigenvalue weighted by atomic mass is 16.3. The molecule has 0 aromatic heterocycles. The third kappa shape index (κ3) is 2.43. The molecular weight excluding hydrogens is 334 g/mol. The van der Waals surface area contributed by atoms with E-state index >= 15 is 0 Å². The van der Waals surface area contributed by atoms with Crippen molar-refractivity contribution in [2.24, 2.45) is 28.6 Å². The molecule has 3 heteroatoms. The summed E-state index contributed by atoms with van der Waals surface area (Å²) >= 11 is 0. The maximum absolute atomic E-state index is 11.9. The van der Waals surface area contributed by atoms with Gasteiger partial charge in [0.25, 0.3) is 0 Å². The number of benzene rings is 1. The molecule has 3 fully saturated rings. The summed E-state index contributed by atoms with van der Waals surface area (Å²) < 4.78 is 0. The van der Waals surface area contributed by atoms with E-state index in [1.54, 1.807) is 12.1 Å². The first-order chi connectivity index (χ1) is 12.9. The SMILES string of the molecule is C[C@]12C=CC(=O)NC1CC[C@@H]1[C@H]2CC[C@]2(C)C(c3cccc(O)c3)CC[C@@H]12. The molecule has 1 heterocycles. The molecule has 5 rings (SSSR count). The second kappa shape index (κ2) is 5.86. The van der Waals surface area contributed by atoms with Crippen molar-refractivity contribution in [1.82, 2.24) is 5.32 Å². The summed E-state index contributed by atoms with van der Waals surface area (Å²) in [6.45, 7) is 4.90. The van der Waals surface area contributed by atoms with Crippen molar-refractivity contribution in [3.8, 4) is 5.75 Å². The number of carbonyl (C=O) groups is 1. The van der Waals surface area contributed by atoms with Gasteiger partial charge >= 0.3 is 0 Å². The van der Waals surface area contributed by atoms with Crippen LogP contribution in [-0.2, 0) is 4.79 Å². The summed E-state index contributed by atoms with van der Waals surface area (Å²) in [6, 6.07) is 8.28. The molecule has 3 saturated carbocycles. The molecule has 4 aliphatic rings. The summed E-state index contributed by atoms with van der Waals surface area (Å²) in [5, 5.41) is 13.2. The minimum atomic E-state index is 0.0846. The lowest BCUT2D eigenvalue weighted by Crippen LogP contribution is -2.59. The van der Waals surface area contributed by atoms with Crippen LogP contribution < -0.4 is 5.32 Å². The number of fused-ring (bicyclic) bond motifs is 5. The summed E-state index contributed by atoms with van der Waals surface area (Å²) in [4.78, 5) is 11.9. The molecule has 27 heavy (non-hydrogen) atoms. The van der Waals surface area contributed by atoms with E-state index in [1.807, 2.05) is 12.1 Å². The van der Waals surface area contributed by atoms with Crippen molar-refractivity contribution >= 4 is 5.91 Å². The van der Waals surface area contributed by atoms with E-state index in [2.05, 4.69) is 31.3 Å². The first-order valence-electron chi connectivity index (χ1n) is 10.7. The molecule has 1 aromatic carbocycles. The zero-order valence-electron chi connectivity index (χ0n) is 16.4. The third-order valence-electron chi connectivity index (χ3n) is 8.96. The zero-order chi connectivity index (χ0) is 18.8. The maximum Gasteiger partial charge on any atom is 0.243 e. The molecule has 7 atom stereocenters. The smallest absolute Gasteiger partial charge is 0.243 e. The summed E-state index contributed by atoms with van der Waals surface area (Å²) in [5.41, 5.74) is 1.77. The molecule has 0 radical (unpaired) electrons. The standard InChI is InChI=1S/C24H31NO2/c1-23-12-10-20-17(6-9-21-24(20,2)13-11-22(27)25-21)19(23)8-7-18(23)15-4-3-5-16(26)14-15/h3-5,11,13-14,17-21,26H,6-10,12H2,1-2H3,(H,25,27)/t17-,18?,19-,20+,21?,23+,24+/m0/s1. The monoisotopic (exact) mass is 365 g/mol. The molecule has 1 amide bonds. The highest BCUT2D eigenvalue weighted by molar-refractivity contribution is 5.89. The van der Waals surface area contributed by atoms with Gasteiger partial charge in [-0.3, -0.25) is 4.79 Å². The lowest BCUT2D eigenvalue weighted by molar-refractivity contribution is -0.122. The number of nitrogens with one attached hydrogen (secondary N) is 1. The van der Waals surface area contributed by atoms with Gasteiger partial charge in [-0.2, -0.15) is 0 Å². The number of hydrogen-bond acceptors (Lipinski definition) is 2. The van der Waals surface area contributed by atoms with E-state index in [4.69, 9.17) is 0 Å². The van der Waals surface area contributed by atoms with Gasteiger partial charge in [-0.05, 0) is 91.4 Å². The normalized spacial score (nSPS) is 45.6. The molecule has 3 nitrogen and oxygen atoms in total. The van der Waals surface area contributed by atoms with Crippen molar-refractivity contribution in [1.29, 1.82) is 0 Å². The van der Waals surface area contributed by atoms with Gasteiger partial charge in [0.2, 0.25) is 5.91 Å². The van der Waals surface area contributed by atoms with Gasteiger partial charge in [-0.15, -0.1) is 0 Å². The van der Waals surface area contributed by atoms with Crippen LogP contribution in [0.1, 0.15) is 63.9 Å². The van der Waals surface area contributed by atoms with Crippen LogP contribution in [0, 0.1) is 28.6 Å². The average Bonchev–Trinajstić information content (AvgIpc) is 2.99. The van der Waals surface area contributed by atoms with Gasteiger partial charge in [0.05, 0.1) is 0 Å². The third-order valence-corrected chi connectivity index (χ3v) is 8.96. The molecule has 2 N–H and O–H groups in total.